The Morgan fingerprint density at radius 1 is 0.771 bits per heavy atom. The number of rotatable bonds is 12. The van der Waals surface area contributed by atoms with Gasteiger partial charge in [0, 0.05) is 19.7 Å². The summed E-state index contributed by atoms with van der Waals surface area (Å²) in [5.74, 6) is -1.46. The first-order chi connectivity index (χ1) is 23.3. The van der Waals surface area contributed by atoms with E-state index in [1.807, 2.05) is 96.4 Å². The smallest absolute Gasteiger partial charge is 0.321 e. The first-order valence-corrected chi connectivity index (χ1v) is 16.6. The Balaban J connectivity index is 1.37. The zero-order valence-electron chi connectivity index (χ0n) is 27.5. The van der Waals surface area contributed by atoms with Gasteiger partial charge in [-0.2, -0.15) is 5.26 Å². The lowest BCUT2D eigenvalue weighted by molar-refractivity contribution is -0.157. The highest BCUT2D eigenvalue weighted by Crippen LogP contribution is 2.40. The van der Waals surface area contributed by atoms with Crippen LogP contribution in [0.2, 0.25) is 0 Å². The SMILES string of the molecule is CC1(C)O[C@H]2[C@@H](Cc3ccccc3)N(Cc3ccc(F)c(C#N)c3)C(=O)N(CCCOCc3ccccc3)C(Cc3ccccc3)[C@@H]2O1. The van der Waals surface area contributed by atoms with Gasteiger partial charge in [-0.3, -0.25) is 0 Å². The molecular formula is C40H42FN3O4. The van der Waals surface area contributed by atoms with Gasteiger partial charge in [0.1, 0.15) is 24.1 Å². The molecule has 0 spiro atoms. The second-order valence-corrected chi connectivity index (χ2v) is 13.0. The van der Waals surface area contributed by atoms with Crippen LogP contribution < -0.4 is 0 Å². The summed E-state index contributed by atoms with van der Waals surface area (Å²) in [5.41, 5.74) is 3.87. The summed E-state index contributed by atoms with van der Waals surface area (Å²) in [6, 6.07) is 35.8. The number of fused-ring (bicyclic) bond motifs is 1. The van der Waals surface area contributed by atoms with E-state index in [1.165, 1.54) is 12.1 Å². The van der Waals surface area contributed by atoms with Crippen molar-refractivity contribution in [2.75, 3.05) is 13.2 Å². The molecule has 248 valence electrons. The van der Waals surface area contributed by atoms with E-state index in [0.29, 0.717) is 44.6 Å². The van der Waals surface area contributed by atoms with E-state index in [1.54, 1.807) is 6.07 Å². The summed E-state index contributed by atoms with van der Waals surface area (Å²) < 4.78 is 33.9. The molecule has 7 nitrogen and oxygen atoms in total. The van der Waals surface area contributed by atoms with E-state index in [2.05, 4.69) is 24.3 Å². The summed E-state index contributed by atoms with van der Waals surface area (Å²) in [6.07, 6.45) is 0.867. The third-order valence-corrected chi connectivity index (χ3v) is 9.09. The van der Waals surface area contributed by atoms with Gasteiger partial charge in [0.2, 0.25) is 0 Å². The molecule has 2 heterocycles. The average Bonchev–Trinajstić information content (AvgIpc) is 3.40. The molecular weight excluding hydrogens is 605 g/mol. The van der Waals surface area contributed by atoms with E-state index in [-0.39, 0.29) is 24.2 Å². The summed E-state index contributed by atoms with van der Waals surface area (Å²) in [5, 5.41) is 9.58. The summed E-state index contributed by atoms with van der Waals surface area (Å²) in [7, 11) is 0. The molecule has 4 aromatic carbocycles. The van der Waals surface area contributed by atoms with Crippen LogP contribution in [0.3, 0.4) is 0 Å². The second-order valence-electron chi connectivity index (χ2n) is 13.0. The van der Waals surface area contributed by atoms with E-state index in [0.717, 1.165) is 16.7 Å². The molecule has 48 heavy (non-hydrogen) atoms. The summed E-state index contributed by atoms with van der Waals surface area (Å²) in [6.45, 7) is 5.44. The predicted molar refractivity (Wildman–Crippen MR) is 181 cm³/mol. The molecule has 4 atom stereocenters. The van der Waals surface area contributed by atoms with Gasteiger partial charge in [-0.25, -0.2) is 9.18 Å². The molecule has 2 fully saturated rings. The number of nitriles is 1. The predicted octanol–water partition coefficient (Wildman–Crippen LogP) is 7.28. The fraction of sp³-hybridized carbons (Fsp3) is 0.350. The minimum absolute atomic E-state index is 0.0526. The lowest BCUT2D eigenvalue weighted by atomic mass is 9.91. The van der Waals surface area contributed by atoms with Crippen molar-refractivity contribution < 1.29 is 23.4 Å². The molecule has 4 aromatic rings. The Morgan fingerprint density at radius 3 is 1.88 bits per heavy atom. The third kappa shape index (κ3) is 7.94. The molecule has 8 heteroatoms. The standard InChI is InChI=1S/C40H42FN3O4/c1-40(2)47-37-35(24-29-13-6-3-7-14-29)43(21-12-22-46-28-31-17-10-5-11-18-31)39(45)44(27-32-19-20-34(41)33(23-32)26-42)36(38(37)48-40)25-30-15-8-4-9-16-30/h3-11,13-20,23,35-38H,12,21-22,24-25,27-28H2,1-2H3/t35?,36-,37+,38+/m1/s1. The highest BCUT2D eigenvalue weighted by Gasteiger charge is 2.55. The van der Waals surface area contributed by atoms with Gasteiger partial charge in [-0.15, -0.1) is 0 Å². The number of benzene rings is 4. The fourth-order valence-corrected chi connectivity index (χ4v) is 6.88. The first kappa shape index (κ1) is 33.4. The molecule has 2 saturated heterocycles. The molecule has 0 aromatic heterocycles. The Morgan fingerprint density at radius 2 is 1.31 bits per heavy atom. The topological polar surface area (TPSA) is 75.0 Å². The molecule has 6 rings (SSSR count). The molecule has 2 amide bonds. The number of halogens is 1. The molecule has 2 aliphatic rings. The molecule has 0 N–H and O–H groups in total. The third-order valence-electron chi connectivity index (χ3n) is 9.09. The van der Waals surface area contributed by atoms with Crippen LogP contribution in [0.4, 0.5) is 9.18 Å². The Labute approximate surface area is 282 Å². The lowest BCUT2D eigenvalue weighted by Crippen LogP contribution is -2.52. The minimum Gasteiger partial charge on any atom is -0.377 e. The molecule has 2 aliphatic heterocycles. The Bertz CT molecular complexity index is 1700. The van der Waals surface area contributed by atoms with E-state index < -0.39 is 29.9 Å². The maximum atomic E-state index is 15.0. The number of hydrogen-bond donors (Lipinski definition) is 0. The van der Waals surface area contributed by atoms with Gasteiger partial charge in [-0.05, 0) is 67.5 Å². The number of hydrogen-bond acceptors (Lipinski definition) is 5. The van der Waals surface area contributed by atoms with Gasteiger partial charge in [0.05, 0.1) is 24.3 Å². The summed E-state index contributed by atoms with van der Waals surface area (Å²) in [4.78, 5) is 18.8. The summed E-state index contributed by atoms with van der Waals surface area (Å²) >= 11 is 0. The number of amides is 2. The number of urea groups is 1. The van der Waals surface area contributed by atoms with Crippen molar-refractivity contribution in [2.24, 2.45) is 0 Å². The molecule has 0 saturated carbocycles. The van der Waals surface area contributed by atoms with Crippen molar-refractivity contribution >= 4 is 6.03 Å². The molecule has 0 radical (unpaired) electrons. The lowest BCUT2D eigenvalue weighted by Gasteiger charge is -2.37. The average molecular weight is 648 g/mol. The normalized spacial score (nSPS) is 21.8. The Hall–Kier alpha value is -4.55. The molecule has 1 unspecified atom stereocenters. The van der Waals surface area contributed by atoms with Crippen LogP contribution in [-0.4, -0.2) is 59.1 Å². The largest absolute Gasteiger partial charge is 0.377 e. The minimum atomic E-state index is -0.875. The highest BCUT2D eigenvalue weighted by atomic mass is 19.1. The van der Waals surface area contributed by atoms with Crippen LogP contribution in [0.25, 0.3) is 0 Å². The van der Waals surface area contributed by atoms with Crippen LogP contribution in [0.5, 0.6) is 0 Å². The monoisotopic (exact) mass is 647 g/mol. The van der Waals surface area contributed by atoms with Crippen LogP contribution in [-0.2, 0) is 40.2 Å². The van der Waals surface area contributed by atoms with Crippen molar-refractivity contribution in [1.82, 2.24) is 9.80 Å². The van der Waals surface area contributed by atoms with Crippen molar-refractivity contribution in [3.63, 3.8) is 0 Å². The fourth-order valence-electron chi connectivity index (χ4n) is 6.88. The van der Waals surface area contributed by atoms with Crippen LogP contribution in [0, 0.1) is 17.1 Å². The quantitative estimate of drug-likeness (QED) is 0.151. The van der Waals surface area contributed by atoms with Crippen molar-refractivity contribution in [3.05, 3.63) is 143 Å². The Kier molecular flexibility index (Phi) is 10.5. The number of carbonyl (C=O) groups is 1. The van der Waals surface area contributed by atoms with Gasteiger partial charge in [-0.1, -0.05) is 97.1 Å². The van der Waals surface area contributed by atoms with Gasteiger partial charge in [0.25, 0.3) is 0 Å². The second kappa shape index (κ2) is 15.1. The van der Waals surface area contributed by atoms with Crippen LogP contribution >= 0.6 is 0 Å². The molecule has 0 aliphatic carbocycles. The zero-order valence-corrected chi connectivity index (χ0v) is 27.5. The number of carbonyl (C=O) groups excluding carboxylic acids is 1. The van der Waals surface area contributed by atoms with E-state index in [9.17, 15) is 9.65 Å². The van der Waals surface area contributed by atoms with Crippen LogP contribution in [0.15, 0.2) is 109 Å². The van der Waals surface area contributed by atoms with E-state index >= 15 is 4.79 Å². The van der Waals surface area contributed by atoms with Crippen molar-refractivity contribution in [3.8, 4) is 6.07 Å². The maximum absolute atomic E-state index is 15.0. The number of nitrogens with zero attached hydrogens (tertiary/aromatic N) is 3. The zero-order chi connectivity index (χ0) is 33.5. The van der Waals surface area contributed by atoms with Crippen molar-refractivity contribution in [2.45, 2.75) is 76.3 Å². The van der Waals surface area contributed by atoms with Gasteiger partial charge < -0.3 is 24.0 Å². The first-order valence-electron chi connectivity index (χ1n) is 16.6. The maximum Gasteiger partial charge on any atom is 0.321 e. The van der Waals surface area contributed by atoms with Crippen molar-refractivity contribution in [1.29, 1.82) is 5.26 Å². The van der Waals surface area contributed by atoms with Gasteiger partial charge >= 0.3 is 6.03 Å². The van der Waals surface area contributed by atoms with Gasteiger partial charge in [0.15, 0.2) is 5.79 Å². The molecule has 0 bridgehead atoms. The van der Waals surface area contributed by atoms with E-state index in [4.69, 9.17) is 14.2 Å². The van der Waals surface area contributed by atoms with Crippen LogP contribution in [0.1, 0.15) is 48.1 Å². The number of ether oxygens (including phenoxy) is 3. The highest BCUT2D eigenvalue weighted by molar-refractivity contribution is 5.76.